The number of amides is 1. The molecular formula is C26H29N5O3S. The zero-order valence-corrected chi connectivity index (χ0v) is 21.3. The van der Waals surface area contributed by atoms with Crippen LogP contribution in [0.25, 0.3) is 16.0 Å². The number of anilines is 1. The minimum Gasteiger partial charge on any atom is -0.497 e. The average molecular weight is 492 g/mol. The first-order valence-electron chi connectivity index (χ1n) is 11.7. The first-order valence-corrected chi connectivity index (χ1v) is 12.5. The van der Waals surface area contributed by atoms with Crippen LogP contribution in [0.5, 0.6) is 11.5 Å². The summed E-state index contributed by atoms with van der Waals surface area (Å²) >= 11 is 1.67. The second-order valence-electron chi connectivity index (χ2n) is 8.68. The SMILES string of the molecule is COc1ccc(C(=O)N2CCCN(c3nc4c(s3)c(C)nn4-c3cccc(C)c3)CC2)c(OC)c1. The third-order valence-corrected chi connectivity index (χ3v) is 7.53. The Morgan fingerprint density at radius 1 is 1.00 bits per heavy atom. The third kappa shape index (κ3) is 4.43. The van der Waals surface area contributed by atoms with E-state index in [0.29, 0.717) is 30.2 Å². The summed E-state index contributed by atoms with van der Waals surface area (Å²) in [5, 5.41) is 5.71. The number of nitrogens with zero attached hydrogens (tertiary/aromatic N) is 5. The molecular weight excluding hydrogens is 462 g/mol. The molecule has 0 atom stereocenters. The number of methoxy groups -OCH3 is 2. The molecule has 0 radical (unpaired) electrons. The summed E-state index contributed by atoms with van der Waals surface area (Å²) in [4.78, 5) is 22.5. The Bertz CT molecular complexity index is 1380. The van der Waals surface area contributed by atoms with E-state index >= 15 is 0 Å². The van der Waals surface area contributed by atoms with E-state index in [1.807, 2.05) is 22.6 Å². The number of carbonyl (C=O) groups excluding carboxylic acids is 1. The van der Waals surface area contributed by atoms with Gasteiger partial charge in [-0.25, -0.2) is 4.68 Å². The highest BCUT2D eigenvalue weighted by atomic mass is 32.1. The van der Waals surface area contributed by atoms with Crippen LogP contribution in [0, 0.1) is 13.8 Å². The predicted octanol–water partition coefficient (Wildman–Crippen LogP) is 4.47. The van der Waals surface area contributed by atoms with Gasteiger partial charge in [-0.15, -0.1) is 0 Å². The van der Waals surface area contributed by atoms with Crippen molar-refractivity contribution in [2.45, 2.75) is 20.3 Å². The molecule has 35 heavy (non-hydrogen) atoms. The fraction of sp³-hybridized carbons (Fsp3) is 0.346. The molecule has 4 aromatic rings. The van der Waals surface area contributed by atoms with E-state index in [-0.39, 0.29) is 5.91 Å². The third-order valence-electron chi connectivity index (χ3n) is 6.32. The van der Waals surface area contributed by atoms with Crippen molar-refractivity contribution in [3.05, 3.63) is 59.3 Å². The maximum Gasteiger partial charge on any atom is 0.257 e. The van der Waals surface area contributed by atoms with E-state index in [1.54, 1.807) is 43.8 Å². The number of hydrogen-bond acceptors (Lipinski definition) is 7. The molecule has 5 rings (SSSR count). The van der Waals surface area contributed by atoms with Gasteiger partial charge < -0.3 is 19.3 Å². The van der Waals surface area contributed by atoms with E-state index in [9.17, 15) is 4.79 Å². The Kier molecular flexibility index (Phi) is 6.34. The highest BCUT2D eigenvalue weighted by Crippen LogP contribution is 2.33. The number of aryl methyl sites for hydroxylation is 2. The van der Waals surface area contributed by atoms with Crippen LogP contribution in [0.3, 0.4) is 0 Å². The van der Waals surface area contributed by atoms with Crippen molar-refractivity contribution < 1.29 is 14.3 Å². The van der Waals surface area contributed by atoms with E-state index in [1.165, 1.54) is 5.56 Å². The molecule has 1 saturated heterocycles. The van der Waals surface area contributed by atoms with E-state index < -0.39 is 0 Å². The Balaban J connectivity index is 1.36. The first-order chi connectivity index (χ1) is 17.0. The van der Waals surface area contributed by atoms with Gasteiger partial charge in [-0.3, -0.25) is 4.79 Å². The van der Waals surface area contributed by atoms with Gasteiger partial charge in [-0.1, -0.05) is 23.5 Å². The fourth-order valence-corrected chi connectivity index (χ4v) is 5.49. The molecule has 0 saturated carbocycles. The van der Waals surface area contributed by atoms with E-state index in [0.717, 1.165) is 46.4 Å². The number of thiazole rings is 1. The largest absolute Gasteiger partial charge is 0.497 e. The smallest absolute Gasteiger partial charge is 0.257 e. The van der Waals surface area contributed by atoms with Crippen LogP contribution in [-0.4, -0.2) is 66.0 Å². The van der Waals surface area contributed by atoms with Gasteiger partial charge >= 0.3 is 0 Å². The molecule has 0 N–H and O–H groups in total. The van der Waals surface area contributed by atoms with Crippen LogP contribution in [0.2, 0.25) is 0 Å². The van der Waals surface area contributed by atoms with Crippen LogP contribution in [0.4, 0.5) is 5.13 Å². The molecule has 182 valence electrons. The van der Waals surface area contributed by atoms with Gasteiger partial charge in [-0.05, 0) is 50.1 Å². The van der Waals surface area contributed by atoms with Crippen molar-refractivity contribution in [1.29, 1.82) is 0 Å². The number of carbonyl (C=O) groups is 1. The zero-order chi connectivity index (χ0) is 24.5. The standard InChI is InChI=1S/C26H29N5O3S/c1-17-7-5-8-19(15-17)31-24-23(18(2)28-31)35-26(27-24)30-12-6-11-29(13-14-30)25(32)21-10-9-20(33-3)16-22(21)34-4/h5,7-10,15-16H,6,11-14H2,1-4H3. The Hall–Kier alpha value is -3.59. The summed E-state index contributed by atoms with van der Waals surface area (Å²) in [6.45, 7) is 6.98. The lowest BCUT2D eigenvalue weighted by atomic mass is 10.1. The summed E-state index contributed by atoms with van der Waals surface area (Å²) in [7, 11) is 3.17. The first kappa shape index (κ1) is 23.2. The zero-order valence-electron chi connectivity index (χ0n) is 20.4. The predicted molar refractivity (Wildman–Crippen MR) is 138 cm³/mol. The second kappa shape index (κ2) is 9.58. The molecule has 9 heteroatoms. The van der Waals surface area contributed by atoms with Crippen LogP contribution in [0.15, 0.2) is 42.5 Å². The van der Waals surface area contributed by atoms with Gasteiger partial charge in [0.15, 0.2) is 10.8 Å². The van der Waals surface area contributed by atoms with E-state index in [2.05, 4.69) is 30.0 Å². The Labute approximate surface area is 208 Å². The highest BCUT2D eigenvalue weighted by molar-refractivity contribution is 7.22. The van der Waals surface area contributed by atoms with Crippen LogP contribution < -0.4 is 14.4 Å². The lowest BCUT2D eigenvalue weighted by Crippen LogP contribution is -2.35. The van der Waals surface area contributed by atoms with Gasteiger partial charge in [0.05, 0.1) is 35.9 Å². The van der Waals surface area contributed by atoms with Crippen molar-refractivity contribution in [1.82, 2.24) is 19.7 Å². The number of benzene rings is 2. The number of aromatic nitrogens is 3. The molecule has 1 amide bonds. The molecule has 0 aliphatic carbocycles. The van der Waals surface area contributed by atoms with Gasteiger partial charge in [-0.2, -0.15) is 10.1 Å². The van der Waals surface area contributed by atoms with Crippen molar-refractivity contribution in [3.63, 3.8) is 0 Å². The van der Waals surface area contributed by atoms with Crippen LogP contribution in [-0.2, 0) is 0 Å². The molecule has 2 aromatic carbocycles. The molecule has 1 aliphatic heterocycles. The summed E-state index contributed by atoms with van der Waals surface area (Å²) in [6.07, 6.45) is 0.864. The van der Waals surface area contributed by atoms with Crippen molar-refractivity contribution >= 4 is 32.7 Å². The van der Waals surface area contributed by atoms with Gasteiger partial charge in [0, 0.05) is 32.2 Å². The quantitative estimate of drug-likeness (QED) is 0.410. The average Bonchev–Trinajstić information content (AvgIpc) is 3.33. The molecule has 2 aromatic heterocycles. The summed E-state index contributed by atoms with van der Waals surface area (Å²) in [5.41, 5.74) is 4.61. The van der Waals surface area contributed by atoms with Crippen LogP contribution >= 0.6 is 11.3 Å². The molecule has 8 nitrogen and oxygen atoms in total. The van der Waals surface area contributed by atoms with Crippen LogP contribution in [0.1, 0.15) is 28.0 Å². The second-order valence-corrected chi connectivity index (χ2v) is 9.66. The molecule has 0 bridgehead atoms. The Morgan fingerprint density at radius 3 is 2.63 bits per heavy atom. The number of ether oxygens (including phenoxy) is 2. The molecule has 3 heterocycles. The lowest BCUT2D eigenvalue weighted by Gasteiger charge is -2.22. The van der Waals surface area contributed by atoms with Gasteiger partial charge in [0.25, 0.3) is 5.91 Å². The maximum absolute atomic E-state index is 13.3. The minimum absolute atomic E-state index is 0.0263. The molecule has 0 spiro atoms. The minimum atomic E-state index is -0.0263. The van der Waals surface area contributed by atoms with Crippen molar-refractivity contribution in [2.24, 2.45) is 0 Å². The highest BCUT2D eigenvalue weighted by Gasteiger charge is 2.25. The Morgan fingerprint density at radius 2 is 1.86 bits per heavy atom. The maximum atomic E-state index is 13.3. The summed E-state index contributed by atoms with van der Waals surface area (Å²) in [5.74, 6) is 1.16. The normalized spacial score (nSPS) is 14.3. The lowest BCUT2D eigenvalue weighted by molar-refractivity contribution is 0.0763. The van der Waals surface area contributed by atoms with Gasteiger partial charge in [0.2, 0.25) is 0 Å². The molecule has 1 fully saturated rings. The topological polar surface area (TPSA) is 72.7 Å². The summed E-state index contributed by atoms with van der Waals surface area (Å²) in [6, 6.07) is 13.6. The molecule has 0 unspecified atom stereocenters. The fourth-order valence-electron chi connectivity index (χ4n) is 4.46. The summed E-state index contributed by atoms with van der Waals surface area (Å²) < 4.78 is 13.8. The number of fused-ring (bicyclic) bond motifs is 1. The van der Waals surface area contributed by atoms with Gasteiger partial charge in [0.1, 0.15) is 11.5 Å². The van der Waals surface area contributed by atoms with E-state index in [4.69, 9.17) is 19.6 Å². The molecule has 1 aliphatic rings. The number of hydrogen-bond donors (Lipinski definition) is 0. The monoisotopic (exact) mass is 491 g/mol. The van der Waals surface area contributed by atoms with Crippen molar-refractivity contribution in [3.8, 4) is 17.2 Å². The number of rotatable bonds is 5. The van der Waals surface area contributed by atoms with Crippen molar-refractivity contribution in [2.75, 3.05) is 45.3 Å².